The van der Waals surface area contributed by atoms with Gasteiger partial charge in [0.2, 0.25) is 5.91 Å². The van der Waals surface area contributed by atoms with E-state index < -0.39 is 5.54 Å². The van der Waals surface area contributed by atoms with Crippen molar-refractivity contribution in [1.82, 2.24) is 14.8 Å². The lowest BCUT2D eigenvalue weighted by Gasteiger charge is -2.51. The minimum Gasteiger partial charge on any atom is -0.356 e. The summed E-state index contributed by atoms with van der Waals surface area (Å²) < 4.78 is 0. The van der Waals surface area contributed by atoms with Gasteiger partial charge in [-0.25, -0.2) is 0 Å². The predicted molar refractivity (Wildman–Crippen MR) is 137 cm³/mol. The summed E-state index contributed by atoms with van der Waals surface area (Å²) in [6.07, 6.45) is 0.711. The second-order valence-electron chi connectivity index (χ2n) is 9.60. The number of hydrogen-bond acceptors (Lipinski definition) is 2. The topological polar surface area (TPSA) is 56.4 Å². The molecule has 5 nitrogen and oxygen atoms in total. The van der Waals surface area contributed by atoms with Crippen molar-refractivity contribution in [3.63, 3.8) is 0 Å². The van der Waals surface area contributed by atoms with Crippen LogP contribution in [0.2, 0.25) is 5.02 Å². The van der Waals surface area contributed by atoms with Crippen LogP contribution < -0.4 is 0 Å². The summed E-state index contributed by atoms with van der Waals surface area (Å²) in [5, 5.41) is 1.76. The fraction of sp³-hybridized carbons (Fsp3) is 0.241. The number of benzene rings is 3. The Balaban J connectivity index is 1.45. The zero-order valence-electron chi connectivity index (χ0n) is 19.5. The van der Waals surface area contributed by atoms with Crippen molar-refractivity contribution in [2.24, 2.45) is 0 Å². The molecular formula is C29H26ClN3O2. The molecule has 6 heteroatoms. The maximum absolute atomic E-state index is 14.1. The van der Waals surface area contributed by atoms with Gasteiger partial charge >= 0.3 is 0 Å². The molecule has 1 N–H and O–H groups in total. The largest absolute Gasteiger partial charge is 0.356 e. The van der Waals surface area contributed by atoms with Crippen molar-refractivity contribution in [2.75, 3.05) is 19.6 Å². The highest BCUT2D eigenvalue weighted by Gasteiger charge is 2.56. The van der Waals surface area contributed by atoms with Crippen molar-refractivity contribution in [3.8, 4) is 0 Å². The first-order valence-electron chi connectivity index (χ1n) is 12.0. The van der Waals surface area contributed by atoms with Gasteiger partial charge in [0.15, 0.2) is 5.54 Å². The number of H-pyrrole nitrogens is 1. The first-order chi connectivity index (χ1) is 17.0. The molecule has 3 heterocycles. The molecular weight excluding hydrogens is 458 g/mol. The first-order valence-corrected chi connectivity index (χ1v) is 12.3. The van der Waals surface area contributed by atoms with Crippen molar-refractivity contribution in [2.45, 2.75) is 24.8 Å². The van der Waals surface area contributed by atoms with Crippen molar-refractivity contribution in [3.05, 3.63) is 106 Å². The summed E-state index contributed by atoms with van der Waals surface area (Å²) >= 11 is 6.17. The lowest BCUT2D eigenvalue weighted by Crippen LogP contribution is -2.67. The Morgan fingerprint density at radius 2 is 1.69 bits per heavy atom. The molecule has 2 aliphatic heterocycles. The van der Waals surface area contributed by atoms with Gasteiger partial charge in [-0.3, -0.25) is 9.59 Å². The van der Waals surface area contributed by atoms with E-state index in [2.05, 4.69) is 23.2 Å². The van der Waals surface area contributed by atoms with Gasteiger partial charge in [0, 0.05) is 34.9 Å². The van der Waals surface area contributed by atoms with E-state index in [9.17, 15) is 9.59 Å². The molecule has 1 unspecified atom stereocenters. The molecule has 0 radical (unpaired) electrons. The van der Waals surface area contributed by atoms with E-state index in [1.807, 2.05) is 67.6 Å². The van der Waals surface area contributed by atoms with E-state index in [0.29, 0.717) is 24.5 Å². The zero-order chi connectivity index (χ0) is 24.2. The average molecular weight is 484 g/mol. The normalized spacial score (nSPS) is 21.8. The van der Waals surface area contributed by atoms with Crippen LogP contribution in [-0.4, -0.2) is 46.2 Å². The highest BCUT2D eigenvalue weighted by atomic mass is 35.5. The Morgan fingerprint density at radius 1 is 0.971 bits per heavy atom. The van der Waals surface area contributed by atoms with Crippen LogP contribution in [0.25, 0.3) is 10.9 Å². The van der Waals surface area contributed by atoms with Crippen LogP contribution in [0, 0.1) is 0 Å². The third-order valence-corrected chi connectivity index (χ3v) is 7.85. The molecule has 0 aliphatic carbocycles. The second kappa shape index (κ2) is 8.28. The van der Waals surface area contributed by atoms with E-state index in [4.69, 9.17) is 11.6 Å². The summed E-state index contributed by atoms with van der Waals surface area (Å²) in [7, 11) is 0. The lowest BCUT2D eigenvalue weighted by molar-refractivity contribution is -0.166. The van der Waals surface area contributed by atoms with E-state index in [0.717, 1.165) is 33.3 Å². The number of nitrogens with zero attached hydrogens (tertiary/aromatic N) is 2. The molecule has 6 rings (SSSR count). The Bertz CT molecular complexity index is 1430. The van der Waals surface area contributed by atoms with Crippen LogP contribution in [-0.2, 0) is 21.5 Å². The Labute approximate surface area is 209 Å². The number of aromatic nitrogens is 1. The van der Waals surface area contributed by atoms with Gasteiger partial charge in [-0.1, -0.05) is 72.3 Å². The van der Waals surface area contributed by atoms with Crippen LogP contribution in [0.5, 0.6) is 0 Å². The first kappa shape index (κ1) is 21.9. The molecule has 0 spiro atoms. The maximum atomic E-state index is 14.1. The molecule has 0 bridgehead atoms. The standard InChI is InChI=1S/C29H26ClN3O2/c1-29-27-26(22-9-5-6-10-24(22)31-27)23(20-11-13-21(30)14-12-20)17-33(29)25(34)18-32(28(29)35)16-15-19-7-3-2-4-8-19/h2-14,23,31H,15-18H2,1H3/t23?,29-/m0/s1. The Hall–Kier alpha value is -3.57. The maximum Gasteiger partial charge on any atom is 0.254 e. The molecule has 4 aromatic rings. The number of para-hydroxylation sites is 1. The summed E-state index contributed by atoms with van der Waals surface area (Å²) in [5.74, 6) is -0.113. The minimum absolute atomic E-state index is 0.0246. The minimum atomic E-state index is -1.08. The quantitative estimate of drug-likeness (QED) is 0.439. The summed E-state index contributed by atoms with van der Waals surface area (Å²) in [5.41, 5.74) is 4.03. The number of hydrogen-bond donors (Lipinski definition) is 1. The average Bonchev–Trinajstić information content (AvgIpc) is 3.28. The van der Waals surface area contributed by atoms with Crippen LogP contribution in [0.4, 0.5) is 0 Å². The molecule has 176 valence electrons. The lowest BCUT2D eigenvalue weighted by atomic mass is 9.76. The van der Waals surface area contributed by atoms with Crippen LogP contribution in [0.1, 0.15) is 35.2 Å². The van der Waals surface area contributed by atoms with E-state index in [1.54, 1.807) is 9.80 Å². The second-order valence-corrected chi connectivity index (χ2v) is 10.0. The van der Waals surface area contributed by atoms with Gasteiger partial charge in [0.1, 0.15) is 0 Å². The zero-order valence-corrected chi connectivity index (χ0v) is 20.3. The number of carbonyl (C=O) groups is 2. The highest BCUT2D eigenvalue weighted by molar-refractivity contribution is 6.30. The Kier molecular flexibility index (Phi) is 5.19. The van der Waals surface area contributed by atoms with Crippen LogP contribution in [0.3, 0.4) is 0 Å². The number of amides is 2. The van der Waals surface area contributed by atoms with Gasteiger partial charge in [-0.2, -0.15) is 0 Å². The third-order valence-electron chi connectivity index (χ3n) is 7.60. The molecule has 2 amide bonds. The SMILES string of the molecule is C[C@]12C(=O)N(CCc3ccccc3)CC(=O)N1CC(c1ccc(Cl)cc1)c1c2[nH]c2ccccc12. The number of aromatic amines is 1. The van der Waals surface area contributed by atoms with E-state index >= 15 is 0 Å². The highest BCUT2D eigenvalue weighted by Crippen LogP contribution is 2.48. The Morgan fingerprint density at radius 3 is 2.46 bits per heavy atom. The molecule has 35 heavy (non-hydrogen) atoms. The number of nitrogens with one attached hydrogen (secondary N) is 1. The van der Waals surface area contributed by atoms with Crippen LogP contribution >= 0.6 is 11.6 Å². The molecule has 1 fully saturated rings. The van der Waals surface area contributed by atoms with Gasteiger partial charge in [-0.05, 0) is 48.2 Å². The molecule has 0 saturated carbocycles. The third kappa shape index (κ3) is 3.45. The number of fused-ring (bicyclic) bond motifs is 5. The molecule has 1 saturated heterocycles. The fourth-order valence-electron chi connectivity index (χ4n) is 5.76. The predicted octanol–water partition coefficient (Wildman–Crippen LogP) is 5.10. The summed E-state index contributed by atoms with van der Waals surface area (Å²) in [6, 6.07) is 26.0. The molecule has 2 aliphatic rings. The van der Waals surface area contributed by atoms with Crippen molar-refractivity contribution < 1.29 is 9.59 Å². The van der Waals surface area contributed by atoms with Crippen LogP contribution in [0.15, 0.2) is 78.9 Å². The molecule has 1 aromatic heterocycles. The number of rotatable bonds is 4. The monoisotopic (exact) mass is 483 g/mol. The summed E-state index contributed by atoms with van der Waals surface area (Å²) in [6.45, 7) is 2.95. The smallest absolute Gasteiger partial charge is 0.254 e. The fourth-order valence-corrected chi connectivity index (χ4v) is 5.89. The van der Waals surface area contributed by atoms with Crippen molar-refractivity contribution >= 4 is 34.3 Å². The summed E-state index contributed by atoms with van der Waals surface area (Å²) in [4.78, 5) is 34.7. The number of halogens is 1. The van der Waals surface area contributed by atoms with E-state index in [-0.39, 0.29) is 24.3 Å². The number of carbonyl (C=O) groups excluding carboxylic acids is 2. The van der Waals surface area contributed by atoms with Gasteiger partial charge in [0.25, 0.3) is 5.91 Å². The molecule has 2 atom stereocenters. The van der Waals surface area contributed by atoms with Gasteiger partial charge < -0.3 is 14.8 Å². The van der Waals surface area contributed by atoms with Gasteiger partial charge in [-0.15, -0.1) is 0 Å². The number of piperazine rings is 1. The van der Waals surface area contributed by atoms with Gasteiger partial charge in [0.05, 0.1) is 12.2 Å². The van der Waals surface area contributed by atoms with E-state index in [1.165, 1.54) is 0 Å². The van der Waals surface area contributed by atoms with Crippen molar-refractivity contribution in [1.29, 1.82) is 0 Å². The molecule has 3 aromatic carbocycles.